The number of carbonyl (C=O) groups excluding carboxylic acids is 3. The van der Waals surface area contributed by atoms with Gasteiger partial charge in [0.2, 0.25) is 0 Å². The first-order valence-electron chi connectivity index (χ1n) is 8.43. The van der Waals surface area contributed by atoms with Crippen LogP contribution in [0.1, 0.15) is 39.5 Å². The normalized spacial score (nSPS) is 28.9. The van der Waals surface area contributed by atoms with Crippen molar-refractivity contribution >= 4 is 81.5 Å². The number of hydrogen-bond donors (Lipinski definition) is 0. The molecule has 0 bridgehead atoms. The highest BCUT2D eigenvalue weighted by Crippen LogP contribution is 2.66. The molecule has 2 aliphatic carbocycles. The summed E-state index contributed by atoms with van der Waals surface area (Å²) in [6, 6.07) is 0. The van der Waals surface area contributed by atoms with Crippen LogP contribution in [-0.2, 0) is 19.1 Å². The van der Waals surface area contributed by atoms with Crippen molar-refractivity contribution in [2.75, 3.05) is 6.73 Å². The highest BCUT2D eigenvalue weighted by molar-refractivity contribution is 9.40. The van der Waals surface area contributed by atoms with E-state index in [0.717, 1.165) is 17.7 Å². The van der Waals surface area contributed by atoms with E-state index in [0.29, 0.717) is 24.0 Å². The zero-order chi connectivity index (χ0) is 19.4. The Hall–Kier alpha value is 0.270. The fourth-order valence-corrected chi connectivity index (χ4v) is 5.85. The molecule has 0 spiro atoms. The fraction of sp³-hybridized carbons (Fsp3) is 0.706. The summed E-state index contributed by atoms with van der Waals surface area (Å²) in [6.07, 6.45) is 3.11. The first-order valence-corrected chi connectivity index (χ1v) is 11.7. The molecule has 3 aliphatic rings. The van der Waals surface area contributed by atoms with Crippen LogP contribution in [0.4, 0.5) is 0 Å². The van der Waals surface area contributed by atoms with E-state index < -0.39 is 2.14 Å². The van der Waals surface area contributed by atoms with Gasteiger partial charge in [0.15, 0.2) is 6.73 Å². The minimum absolute atomic E-state index is 0.0319. The quantitative estimate of drug-likeness (QED) is 0.262. The number of esters is 1. The van der Waals surface area contributed by atoms with Gasteiger partial charge in [0.25, 0.3) is 11.8 Å². The van der Waals surface area contributed by atoms with Crippen molar-refractivity contribution in [1.29, 1.82) is 0 Å². The van der Waals surface area contributed by atoms with Gasteiger partial charge in [-0.2, -0.15) is 0 Å². The van der Waals surface area contributed by atoms with Crippen LogP contribution in [0.25, 0.3) is 0 Å². The highest BCUT2D eigenvalue weighted by Gasteiger charge is 2.67. The van der Waals surface area contributed by atoms with Crippen LogP contribution in [0.2, 0.25) is 0 Å². The van der Waals surface area contributed by atoms with Crippen molar-refractivity contribution in [2.24, 2.45) is 17.3 Å². The van der Waals surface area contributed by atoms with Gasteiger partial charge in [-0.15, -0.1) is 0 Å². The molecule has 1 saturated carbocycles. The third-order valence-electron chi connectivity index (χ3n) is 5.60. The molecule has 0 saturated heterocycles. The Morgan fingerprint density at radius 2 is 1.69 bits per heavy atom. The molecule has 0 aromatic carbocycles. The summed E-state index contributed by atoms with van der Waals surface area (Å²) in [4.78, 5) is 38.4. The van der Waals surface area contributed by atoms with E-state index in [1.807, 2.05) is 13.8 Å². The molecule has 3 rings (SSSR count). The Bertz CT molecular complexity index is 669. The van der Waals surface area contributed by atoms with Crippen molar-refractivity contribution in [1.82, 2.24) is 4.90 Å². The van der Waals surface area contributed by atoms with Gasteiger partial charge < -0.3 is 4.74 Å². The molecule has 5 nitrogen and oxygen atoms in total. The minimum Gasteiger partial charge on any atom is -0.443 e. The van der Waals surface area contributed by atoms with Crippen LogP contribution in [0.5, 0.6) is 0 Å². The Balaban J connectivity index is 1.62. The van der Waals surface area contributed by atoms with Gasteiger partial charge >= 0.3 is 5.97 Å². The maximum absolute atomic E-state index is 12.6. The number of amides is 2. The predicted molar refractivity (Wildman–Crippen MR) is 111 cm³/mol. The molecular formula is C17H19Br4NO4. The fourth-order valence-electron chi connectivity index (χ4n) is 4.01. The smallest absolute Gasteiger partial charge is 0.311 e. The Labute approximate surface area is 186 Å². The molecule has 0 aromatic heterocycles. The number of ether oxygens (including phenoxy) is 1. The van der Waals surface area contributed by atoms with Crippen molar-refractivity contribution in [2.45, 2.75) is 46.5 Å². The second kappa shape index (κ2) is 7.26. The number of imide groups is 1. The SMILES string of the molecule is CC1(C)[C@H](C(=O)OCN2C(=O)C3=C(CCCC3)C2=O)[C@H]1C(Br)C(Br)(Br)Br. The van der Waals surface area contributed by atoms with Crippen molar-refractivity contribution in [3.05, 3.63) is 11.1 Å². The van der Waals surface area contributed by atoms with E-state index in [1.54, 1.807) is 0 Å². The zero-order valence-corrected chi connectivity index (χ0v) is 20.7. The lowest BCUT2D eigenvalue weighted by atomic mass is 9.93. The van der Waals surface area contributed by atoms with Gasteiger partial charge in [-0.05, 0) is 37.0 Å². The molecule has 2 amide bonds. The summed E-state index contributed by atoms with van der Waals surface area (Å²) in [7, 11) is 0. The monoisotopic (exact) mass is 617 g/mol. The van der Waals surface area contributed by atoms with Gasteiger partial charge in [0, 0.05) is 11.1 Å². The third kappa shape index (κ3) is 3.62. The standard InChI is InChI=1S/C17H19Br4NO4/c1-16(2)10(12(18)17(19,20)21)11(16)15(25)26-7-22-13(23)8-5-3-4-6-9(8)14(22)24/h10-12H,3-7H2,1-2H3/t10-,11-,12?/m0/s1. The number of halogens is 4. The van der Waals surface area contributed by atoms with E-state index in [2.05, 4.69) is 63.7 Å². The van der Waals surface area contributed by atoms with Gasteiger partial charge in [-0.1, -0.05) is 77.6 Å². The largest absolute Gasteiger partial charge is 0.443 e. The Morgan fingerprint density at radius 1 is 1.19 bits per heavy atom. The van der Waals surface area contributed by atoms with Crippen molar-refractivity contribution in [3.8, 4) is 0 Å². The molecule has 9 heteroatoms. The third-order valence-corrected chi connectivity index (χ3v) is 10.2. The van der Waals surface area contributed by atoms with Crippen molar-refractivity contribution < 1.29 is 19.1 Å². The molecule has 3 atom stereocenters. The van der Waals surface area contributed by atoms with Crippen LogP contribution >= 0.6 is 63.7 Å². The molecule has 144 valence electrons. The topological polar surface area (TPSA) is 63.7 Å². The molecule has 26 heavy (non-hydrogen) atoms. The summed E-state index contributed by atoms with van der Waals surface area (Å²) < 4.78 is 4.84. The lowest BCUT2D eigenvalue weighted by Crippen LogP contribution is -2.35. The van der Waals surface area contributed by atoms with Crippen LogP contribution in [0.3, 0.4) is 0 Å². The molecule has 1 fully saturated rings. The summed E-state index contributed by atoms with van der Waals surface area (Å²) in [6.45, 7) is 3.70. The first kappa shape index (κ1) is 21.0. The Morgan fingerprint density at radius 3 is 2.15 bits per heavy atom. The number of hydrogen-bond acceptors (Lipinski definition) is 4. The van der Waals surface area contributed by atoms with Crippen LogP contribution in [-0.4, -0.2) is 36.4 Å². The summed E-state index contributed by atoms with van der Waals surface area (Å²) in [5.74, 6) is -1.27. The molecule has 0 aromatic rings. The first-order chi connectivity index (χ1) is 12.0. The molecule has 1 unspecified atom stereocenters. The summed E-state index contributed by atoms with van der Waals surface area (Å²) >= 11 is 14.1. The van der Waals surface area contributed by atoms with Gasteiger partial charge in [-0.3, -0.25) is 14.4 Å². The Kier molecular flexibility index (Phi) is 5.86. The maximum atomic E-state index is 12.6. The van der Waals surface area contributed by atoms with Crippen molar-refractivity contribution in [3.63, 3.8) is 0 Å². The number of nitrogens with zero attached hydrogens (tertiary/aromatic N) is 1. The van der Waals surface area contributed by atoms with E-state index in [4.69, 9.17) is 4.74 Å². The number of rotatable bonds is 4. The highest BCUT2D eigenvalue weighted by atomic mass is 80.0. The lowest BCUT2D eigenvalue weighted by molar-refractivity contribution is -0.156. The van der Waals surface area contributed by atoms with E-state index in [9.17, 15) is 14.4 Å². The number of carbonyl (C=O) groups is 3. The van der Waals surface area contributed by atoms with E-state index in [1.165, 1.54) is 0 Å². The predicted octanol–water partition coefficient (Wildman–Crippen LogP) is 4.60. The molecule has 0 radical (unpaired) electrons. The van der Waals surface area contributed by atoms with E-state index >= 15 is 0 Å². The average Bonchev–Trinajstić information content (AvgIpc) is 3.05. The van der Waals surface area contributed by atoms with Crippen LogP contribution < -0.4 is 0 Å². The lowest BCUT2D eigenvalue weighted by Gasteiger charge is -2.21. The van der Waals surface area contributed by atoms with Gasteiger partial charge in [0.05, 0.1) is 10.7 Å². The second-order valence-electron chi connectivity index (χ2n) is 7.56. The maximum Gasteiger partial charge on any atom is 0.311 e. The van der Waals surface area contributed by atoms with Gasteiger partial charge in [-0.25, -0.2) is 4.90 Å². The van der Waals surface area contributed by atoms with Crippen LogP contribution in [0, 0.1) is 17.3 Å². The summed E-state index contributed by atoms with van der Waals surface area (Å²) in [5, 5.41) is 0. The number of alkyl halides is 4. The average molecular weight is 621 g/mol. The second-order valence-corrected chi connectivity index (χ2v) is 15.5. The summed E-state index contributed by atoms with van der Waals surface area (Å²) in [5.41, 5.74) is 0.956. The molecule has 0 N–H and O–H groups in total. The zero-order valence-electron chi connectivity index (χ0n) is 14.4. The molecule has 1 aliphatic heterocycles. The van der Waals surface area contributed by atoms with Gasteiger partial charge in [0.1, 0.15) is 2.14 Å². The van der Waals surface area contributed by atoms with E-state index in [-0.39, 0.29) is 46.6 Å². The molecule has 1 heterocycles. The minimum atomic E-state index is -0.534. The van der Waals surface area contributed by atoms with Crippen LogP contribution in [0.15, 0.2) is 11.1 Å². The molecular weight excluding hydrogens is 602 g/mol.